The quantitative estimate of drug-likeness (QED) is 0.328. The van der Waals surface area contributed by atoms with E-state index in [0.717, 1.165) is 26.9 Å². The number of para-hydroxylation sites is 1. The fourth-order valence-electron chi connectivity index (χ4n) is 3.71. The van der Waals surface area contributed by atoms with Gasteiger partial charge in [0.25, 0.3) is 5.91 Å². The van der Waals surface area contributed by atoms with Crippen molar-refractivity contribution < 1.29 is 9.21 Å². The predicted molar refractivity (Wildman–Crippen MR) is 129 cm³/mol. The van der Waals surface area contributed by atoms with Crippen LogP contribution in [0.4, 0.5) is 5.13 Å². The van der Waals surface area contributed by atoms with E-state index in [9.17, 15) is 9.59 Å². The number of fused-ring (bicyclic) bond motifs is 2. The molecule has 32 heavy (non-hydrogen) atoms. The van der Waals surface area contributed by atoms with Crippen molar-refractivity contribution >= 4 is 43.6 Å². The van der Waals surface area contributed by atoms with Crippen LogP contribution in [0.5, 0.6) is 0 Å². The van der Waals surface area contributed by atoms with E-state index in [1.54, 1.807) is 23.1 Å². The van der Waals surface area contributed by atoms with E-state index in [-0.39, 0.29) is 5.56 Å². The average Bonchev–Trinajstić information content (AvgIpc) is 3.26. The minimum absolute atomic E-state index is 0.00710. The summed E-state index contributed by atoms with van der Waals surface area (Å²) in [7, 11) is 0. The number of hydrogen-bond donors (Lipinski definition) is 0. The summed E-state index contributed by atoms with van der Waals surface area (Å²) in [6, 6.07) is 22.5. The van der Waals surface area contributed by atoms with E-state index in [4.69, 9.17) is 9.40 Å². The van der Waals surface area contributed by atoms with Gasteiger partial charge in [-0.15, -0.1) is 0 Å². The summed E-state index contributed by atoms with van der Waals surface area (Å²) in [5.74, 6) is -0.428. The smallest absolute Gasteiger partial charge is 0.349 e. The van der Waals surface area contributed by atoms with Gasteiger partial charge in [-0.05, 0) is 42.7 Å². The molecule has 158 valence electrons. The lowest BCUT2D eigenvalue weighted by atomic mass is 10.1. The van der Waals surface area contributed by atoms with E-state index >= 15 is 0 Å². The molecule has 6 heteroatoms. The number of nitrogens with zero attached hydrogens (tertiary/aromatic N) is 2. The van der Waals surface area contributed by atoms with Gasteiger partial charge in [0.15, 0.2) is 5.13 Å². The van der Waals surface area contributed by atoms with Gasteiger partial charge in [-0.3, -0.25) is 9.69 Å². The number of carbonyl (C=O) groups excluding carboxylic acids is 1. The zero-order valence-electron chi connectivity index (χ0n) is 17.7. The number of aromatic nitrogens is 1. The summed E-state index contributed by atoms with van der Waals surface area (Å²) in [4.78, 5) is 32.8. The van der Waals surface area contributed by atoms with Gasteiger partial charge in [0.05, 0.1) is 16.8 Å². The van der Waals surface area contributed by atoms with Crippen molar-refractivity contribution in [2.24, 2.45) is 0 Å². The number of benzene rings is 3. The molecule has 0 bridgehead atoms. The van der Waals surface area contributed by atoms with Crippen LogP contribution in [0.2, 0.25) is 0 Å². The first-order valence-corrected chi connectivity index (χ1v) is 11.1. The molecule has 0 fully saturated rings. The Morgan fingerprint density at radius 1 is 0.969 bits per heavy atom. The van der Waals surface area contributed by atoms with Crippen molar-refractivity contribution in [1.29, 1.82) is 0 Å². The van der Waals surface area contributed by atoms with E-state index < -0.39 is 11.5 Å². The van der Waals surface area contributed by atoms with Crippen LogP contribution in [-0.4, -0.2) is 10.9 Å². The van der Waals surface area contributed by atoms with Crippen molar-refractivity contribution in [3.63, 3.8) is 0 Å². The van der Waals surface area contributed by atoms with E-state index in [2.05, 4.69) is 6.07 Å². The van der Waals surface area contributed by atoms with Crippen molar-refractivity contribution in [1.82, 2.24) is 4.98 Å². The Morgan fingerprint density at radius 3 is 2.47 bits per heavy atom. The number of rotatable bonds is 4. The largest absolute Gasteiger partial charge is 0.422 e. The molecule has 0 N–H and O–H groups in total. The van der Waals surface area contributed by atoms with Gasteiger partial charge in [-0.1, -0.05) is 72.0 Å². The Hall–Kier alpha value is -3.77. The van der Waals surface area contributed by atoms with Crippen molar-refractivity contribution in [3.8, 4) is 0 Å². The van der Waals surface area contributed by atoms with Crippen molar-refractivity contribution in [2.75, 3.05) is 4.90 Å². The molecule has 0 aliphatic carbocycles. The third-order valence-electron chi connectivity index (χ3n) is 5.46. The van der Waals surface area contributed by atoms with Crippen LogP contribution < -0.4 is 10.5 Å². The topological polar surface area (TPSA) is 63.4 Å². The Balaban J connectivity index is 1.66. The zero-order chi connectivity index (χ0) is 22.2. The highest BCUT2D eigenvalue weighted by Gasteiger charge is 2.25. The normalized spacial score (nSPS) is 11.2. The molecular weight excluding hydrogens is 420 g/mol. The SMILES string of the molecule is Cc1ccc(C)c2sc(N(Cc3ccccc3)C(=O)c3cc4ccccc4oc3=O)nc12. The molecule has 0 radical (unpaired) electrons. The highest BCUT2D eigenvalue weighted by atomic mass is 32.1. The third-order valence-corrected chi connectivity index (χ3v) is 6.68. The van der Waals surface area contributed by atoms with Gasteiger partial charge in [-0.25, -0.2) is 9.78 Å². The second kappa shape index (κ2) is 8.05. The van der Waals surface area contributed by atoms with E-state index in [0.29, 0.717) is 22.6 Å². The molecule has 0 saturated carbocycles. The number of amides is 1. The molecule has 2 aromatic heterocycles. The van der Waals surface area contributed by atoms with Crippen LogP contribution in [0.3, 0.4) is 0 Å². The van der Waals surface area contributed by atoms with Crippen LogP contribution in [-0.2, 0) is 6.54 Å². The molecule has 5 rings (SSSR count). The van der Waals surface area contributed by atoms with Gasteiger partial charge in [-0.2, -0.15) is 0 Å². The molecule has 3 aromatic carbocycles. The van der Waals surface area contributed by atoms with Crippen LogP contribution in [0.15, 0.2) is 82.0 Å². The van der Waals surface area contributed by atoms with Crippen molar-refractivity contribution in [2.45, 2.75) is 20.4 Å². The van der Waals surface area contributed by atoms with Crippen molar-refractivity contribution in [3.05, 3.63) is 105 Å². The predicted octanol–water partition coefficient (Wildman–Crippen LogP) is 5.87. The average molecular weight is 441 g/mol. The minimum atomic E-state index is -0.653. The highest BCUT2D eigenvalue weighted by Crippen LogP contribution is 2.34. The standard InChI is InChI=1S/C26H20N2O3S/c1-16-12-13-17(2)23-22(16)27-26(32-23)28(15-18-8-4-3-5-9-18)24(29)20-14-19-10-6-7-11-21(19)31-25(20)30/h3-14H,15H2,1-2H3. The summed E-state index contributed by atoms with van der Waals surface area (Å²) in [5, 5.41) is 1.25. The molecule has 1 amide bonds. The summed E-state index contributed by atoms with van der Waals surface area (Å²) in [6.45, 7) is 4.33. The number of anilines is 1. The van der Waals surface area contributed by atoms with Crippen LogP contribution in [0, 0.1) is 13.8 Å². The minimum Gasteiger partial charge on any atom is -0.422 e. The lowest BCUT2D eigenvalue weighted by Gasteiger charge is -2.19. The summed E-state index contributed by atoms with van der Waals surface area (Å²) >= 11 is 1.46. The van der Waals surface area contributed by atoms with Crippen LogP contribution in [0.25, 0.3) is 21.2 Å². The maximum Gasteiger partial charge on any atom is 0.349 e. The van der Waals surface area contributed by atoms with Gasteiger partial charge in [0, 0.05) is 5.39 Å². The van der Waals surface area contributed by atoms with Gasteiger partial charge < -0.3 is 4.42 Å². The molecule has 5 aromatic rings. The molecule has 0 aliphatic rings. The maximum absolute atomic E-state index is 13.7. The summed E-state index contributed by atoms with van der Waals surface area (Å²) in [5.41, 5.74) is 3.76. The molecule has 5 nitrogen and oxygen atoms in total. The summed E-state index contributed by atoms with van der Waals surface area (Å²) < 4.78 is 6.47. The Labute approximate surface area is 188 Å². The van der Waals surface area contributed by atoms with E-state index in [1.165, 1.54) is 11.3 Å². The number of thiazole rings is 1. The molecule has 0 atom stereocenters. The second-order valence-corrected chi connectivity index (χ2v) is 8.71. The van der Waals surface area contributed by atoms with Gasteiger partial charge >= 0.3 is 5.63 Å². The van der Waals surface area contributed by atoms with E-state index in [1.807, 2.05) is 62.4 Å². The first kappa shape index (κ1) is 20.2. The summed E-state index contributed by atoms with van der Waals surface area (Å²) in [6.07, 6.45) is 0. The molecule has 0 saturated heterocycles. The van der Waals surface area contributed by atoms with Crippen LogP contribution in [0.1, 0.15) is 27.0 Å². The monoisotopic (exact) mass is 440 g/mol. The fraction of sp³-hybridized carbons (Fsp3) is 0.115. The lowest BCUT2D eigenvalue weighted by molar-refractivity contribution is 0.0981. The molecule has 0 spiro atoms. The number of hydrogen-bond acceptors (Lipinski definition) is 5. The second-order valence-electron chi connectivity index (χ2n) is 7.74. The maximum atomic E-state index is 13.7. The lowest BCUT2D eigenvalue weighted by Crippen LogP contribution is -2.33. The highest BCUT2D eigenvalue weighted by molar-refractivity contribution is 7.22. The Bertz CT molecular complexity index is 1480. The number of carbonyl (C=O) groups is 1. The molecule has 0 unspecified atom stereocenters. The first-order valence-electron chi connectivity index (χ1n) is 10.3. The molecule has 0 aliphatic heterocycles. The zero-order valence-corrected chi connectivity index (χ0v) is 18.5. The first-order chi connectivity index (χ1) is 15.5. The third kappa shape index (κ3) is 3.59. The van der Waals surface area contributed by atoms with Crippen LogP contribution >= 0.6 is 11.3 Å². The molecular formula is C26H20N2O3S. The number of aryl methyl sites for hydroxylation is 2. The molecule has 2 heterocycles. The van der Waals surface area contributed by atoms with Gasteiger partial charge in [0.1, 0.15) is 11.1 Å². The fourth-order valence-corrected chi connectivity index (χ4v) is 4.82. The van der Waals surface area contributed by atoms with Gasteiger partial charge in [0.2, 0.25) is 0 Å². The Kier molecular flexibility index (Phi) is 5.07. The Morgan fingerprint density at radius 2 is 1.69 bits per heavy atom.